The van der Waals surface area contributed by atoms with E-state index in [0.717, 1.165) is 145 Å². The van der Waals surface area contributed by atoms with Crippen molar-refractivity contribution in [1.29, 1.82) is 0 Å². The number of anilines is 12. The van der Waals surface area contributed by atoms with Crippen LogP contribution in [0.3, 0.4) is 0 Å². The lowest BCUT2D eigenvalue weighted by molar-refractivity contribution is 1.19. The Hall–Kier alpha value is -12.6. The molecule has 0 spiro atoms. The number of para-hydroxylation sites is 2. The maximum atomic E-state index is 4.96. The van der Waals surface area contributed by atoms with E-state index < -0.39 is 0 Å². The molecule has 16 rings (SSSR count). The predicted octanol–water partition coefficient (Wildman–Crippen LogP) is 26.8. The summed E-state index contributed by atoms with van der Waals surface area (Å²) in [6.45, 7) is 11.1. The number of hydrogen-bond donors (Lipinski definition) is 0. The monoisotopic (exact) mass is 1260 g/mol. The van der Waals surface area contributed by atoms with Gasteiger partial charge in [0, 0.05) is 78.9 Å². The predicted molar refractivity (Wildman–Crippen MR) is 422 cm³/mol. The normalized spacial score (nSPS) is 12.0. The van der Waals surface area contributed by atoms with Crippen molar-refractivity contribution in [2.45, 2.75) is 27.2 Å². The molecule has 0 saturated heterocycles. The molecule has 0 atom stereocenters. The number of fused-ring (bicyclic) bond motifs is 6. The highest BCUT2D eigenvalue weighted by atomic mass is 15.2. The average molecular weight is 1260 g/mol. The second-order valence-electron chi connectivity index (χ2n) is 25.2. The van der Waals surface area contributed by atoms with Crippen LogP contribution in [0.15, 0.2) is 368 Å². The Balaban J connectivity index is 0.985. The van der Waals surface area contributed by atoms with Gasteiger partial charge in [-0.2, -0.15) is 0 Å². The SMILES string of the molecule is C=N/C(C)=C(\C(C)=C(/CC)c1cc(N(c2ccc3ccccc3c2)c2ccc3ccccc3c2)cc(N(c2ccc3ccccc3c2)c2ccc3ccccc3c2)c1)c1cc(N(c2ccccc2)c2cccc3ccccc23)cc(N(c2ccccc2)c2cccc3ccccc23)c1. The molecule has 16 aromatic carbocycles. The van der Waals surface area contributed by atoms with Crippen molar-refractivity contribution in [1.82, 2.24) is 0 Å². The van der Waals surface area contributed by atoms with Crippen LogP contribution >= 0.6 is 0 Å². The summed E-state index contributed by atoms with van der Waals surface area (Å²) in [4.78, 5) is 14.7. The quantitative estimate of drug-likeness (QED) is 0.0670. The Morgan fingerprint density at radius 3 is 0.929 bits per heavy atom. The lowest BCUT2D eigenvalue weighted by atomic mass is 9.88. The Labute approximate surface area is 573 Å². The average Bonchev–Trinajstić information content (AvgIpc) is 0.773. The summed E-state index contributed by atoms with van der Waals surface area (Å²) in [5.74, 6) is 0. The minimum absolute atomic E-state index is 0.686. The second kappa shape index (κ2) is 26.3. The Bertz CT molecular complexity index is 5280. The first-order valence-corrected chi connectivity index (χ1v) is 33.7. The zero-order valence-corrected chi connectivity index (χ0v) is 55.1. The van der Waals surface area contributed by atoms with Crippen molar-refractivity contribution in [2.75, 3.05) is 19.6 Å². The molecule has 0 aliphatic carbocycles. The van der Waals surface area contributed by atoms with Crippen LogP contribution in [0.5, 0.6) is 0 Å². The van der Waals surface area contributed by atoms with Gasteiger partial charge in [-0.25, -0.2) is 0 Å². The molecule has 0 heterocycles. The van der Waals surface area contributed by atoms with Crippen molar-refractivity contribution < 1.29 is 0 Å². The number of benzene rings is 16. The molecule has 0 N–H and O–H groups in total. The van der Waals surface area contributed by atoms with E-state index in [-0.39, 0.29) is 0 Å². The largest absolute Gasteiger partial charge is 0.310 e. The van der Waals surface area contributed by atoms with Gasteiger partial charge >= 0.3 is 0 Å². The number of allylic oxidation sites excluding steroid dienone is 4. The molecular formula is C93H71N5. The molecule has 5 nitrogen and oxygen atoms in total. The first kappa shape index (κ1) is 60.4. The van der Waals surface area contributed by atoms with Gasteiger partial charge in [0.2, 0.25) is 0 Å². The molecule has 0 saturated carbocycles. The summed E-state index contributed by atoms with van der Waals surface area (Å²) < 4.78 is 0. The topological polar surface area (TPSA) is 25.3 Å². The first-order chi connectivity index (χ1) is 48.3. The molecule has 0 amide bonds. The van der Waals surface area contributed by atoms with Gasteiger partial charge in [0.05, 0.1) is 11.4 Å². The van der Waals surface area contributed by atoms with Gasteiger partial charge in [0.25, 0.3) is 0 Å². The lowest BCUT2D eigenvalue weighted by Crippen LogP contribution is -2.15. The van der Waals surface area contributed by atoms with Crippen LogP contribution in [0, 0.1) is 0 Å². The van der Waals surface area contributed by atoms with Crippen molar-refractivity contribution in [3.63, 3.8) is 0 Å². The van der Waals surface area contributed by atoms with Crippen LogP contribution < -0.4 is 19.6 Å². The molecule has 0 aliphatic rings. The smallest absolute Gasteiger partial charge is 0.0540 e. The number of hydrogen-bond acceptors (Lipinski definition) is 5. The molecule has 0 aromatic heterocycles. The van der Waals surface area contributed by atoms with Gasteiger partial charge in [-0.05, 0) is 224 Å². The van der Waals surface area contributed by atoms with E-state index in [4.69, 9.17) is 4.99 Å². The fourth-order valence-electron chi connectivity index (χ4n) is 14.6. The van der Waals surface area contributed by atoms with Gasteiger partial charge in [-0.15, -0.1) is 0 Å². The van der Waals surface area contributed by atoms with Crippen LogP contribution in [-0.4, -0.2) is 6.72 Å². The van der Waals surface area contributed by atoms with Crippen LogP contribution in [-0.2, 0) is 0 Å². The number of nitrogens with zero attached hydrogens (tertiary/aromatic N) is 5. The molecule has 0 bridgehead atoms. The van der Waals surface area contributed by atoms with E-state index in [9.17, 15) is 0 Å². The van der Waals surface area contributed by atoms with Crippen molar-refractivity contribution >= 4 is 151 Å². The van der Waals surface area contributed by atoms with E-state index in [1.165, 1.54) is 21.5 Å². The summed E-state index contributed by atoms with van der Waals surface area (Å²) in [6, 6.07) is 129. The molecule has 0 radical (unpaired) electrons. The van der Waals surface area contributed by atoms with Crippen LogP contribution in [0.4, 0.5) is 68.2 Å². The fourth-order valence-corrected chi connectivity index (χ4v) is 14.6. The Kier molecular flexibility index (Phi) is 16.2. The van der Waals surface area contributed by atoms with Crippen LogP contribution in [0.2, 0.25) is 0 Å². The molecule has 0 aliphatic heterocycles. The standard InChI is InChI=1S/C93H71N5/c1-5-88(64(2)93(65(3)94-4)77-60-86(97(78-38-8-6-9-39-78)91-44-24-36-70-30-20-22-42-89(70)91)63-87(61-77)98(79-40-10-7-11-41-79)92-45-25-37-71-31-21-23-43-90(71)92)76-58-84(95(80-50-46-66-26-12-16-32-72(66)54-80)81-51-47-67-27-13-17-33-73(67)55-81)62-85(59-76)96(82-52-48-68-28-14-18-34-74(68)56-82)83-53-49-69-29-15-19-35-75(69)57-83/h6-63H,4-5H2,1-3H3/b88-64+,93-65+. The minimum Gasteiger partial charge on any atom is -0.310 e. The van der Waals surface area contributed by atoms with E-state index >= 15 is 0 Å². The van der Waals surface area contributed by atoms with Gasteiger partial charge in [-0.3, -0.25) is 4.99 Å². The van der Waals surface area contributed by atoms with Crippen molar-refractivity contribution in [3.8, 4) is 0 Å². The molecule has 5 heteroatoms. The second-order valence-corrected chi connectivity index (χ2v) is 25.2. The van der Waals surface area contributed by atoms with Crippen LogP contribution in [0.25, 0.3) is 75.8 Å². The summed E-state index contributed by atoms with van der Waals surface area (Å²) in [5, 5.41) is 14.0. The van der Waals surface area contributed by atoms with Crippen molar-refractivity contribution in [3.05, 3.63) is 374 Å². The highest BCUT2D eigenvalue weighted by molar-refractivity contribution is 6.04. The summed E-state index contributed by atoms with van der Waals surface area (Å²) in [7, 11) is 0. The molecule has 0 unspecified atom stereocenters. The highest BCUT2D eigenvalue weighted by Gasteiger charge is 2.27. The van der Waals surface area contributed by atoms with E-state index in [0.29, 0.717) is 6.42 Å². The molecule has 16 aromatic rings. The van der Waals surface area contributed by atoms with Crippen molar-refractivity contribution in [2.24, 2.45) is 4.99 Å². The summed E-state index contributed by atoms with van der Waals surface area (Å²) >= 11 is 0. The van der Waals surface area contributed by atoms with Crippen LogP contribution in [0.1, 0.15) is 38.3 Å². The molecule has 468 valence electrons. The maximum Gasteiger partial charge on any atom is 0.0540 e. The van der Waals surface area contributed by atoms with Gasteiger partial charge in [0.1, 0.15) is 0 Å². The third-order valence-corrected chi connectivity index (χ3v) is 19.3. The number of rotatable bonds is 17. The number of aliphatic imine (C=N–C) groups is 1. The Morgan fingerprint density at radius 1 is 0.265 bits per heavy atom. The Morgan fingerprint density at radius 2 is 0.571 bits per heavy atom. The van der Waals surface area contributed by atoms with Gasteiger partial charge < -0.3 is 19.6 Å². The molecule has 98 heavy (non-hydrogen) atoms. The van der Waals surface area contributed by atoms with Gasteiger partial charge in [0.15, 0.2) is 0 Å². The minimum atomic E-state index is 0.686. The van der Waals surface area contributed by atoms with E-state index in [1.54, 1.807) is 0 Å². The fraction of sp³-hybridized carbons (Fsp3) is 0.0430. The highest BCUT2D eigenvalue weighted by Crippen LogP contribution is 2.50. The third kappa shape index (κ3) is 11.6. The summed E-state index contributed by atoms with van der Waals surface area (Å²) in [6.07, 6.45) is 0.686. The zero-order valence-electron chi connectivity index (χ0n) is 55.1. The molecule has 0 fully saturated rings. The van der Waals surface area contributed by atoms with E-state index in [1.807, 2.05) is 0 Å². The van der Waals surface area contributed by atoms with Gasteiger partial charge in [-0.1, -0.05) is 237 Å². The van der Waals surface area contributed by atoms with E-state index in [2.05, 4.69) is 399 Å². The summed E-state index contributed by atoms with van der Waals surface area (Å²) in [5.41, 5.74) is 18.5. The zero-order chi connectivity index (χ0) is 66.1. The maximum absolute atomic E-state index is 4.96. The first-order valence-electron chi connectivity index (χ1n) is 33.7. The lowest BCUT2D eigenvalue weighted by Gasteiger charge is -2.32. The third-order valence-electron chi connectivity index (χ3n) is 19.3. The molecular weight excluding hydrogens is 1190 g/mol.